The zero-order valence-corrected chi connectivity index (χ0v) is 14.6. The van der Waals surface area contributed by atoms with E-state index in [0.29, 0.717) is 20.5 Å². The summed E-state index contributed by atoms with van der Waals surface area (Å²) in [7, 11) is 0. The lowest BCUT2D eigenvalue weighted by Gasteiger charge is -2.10. The largest absolute Gasteiger partial charge is 0.506 e. The molecule has 1 amide bonds. The van der Waals surface area contributed by atoms with Crippen LogP contribution in [0.5, 0.6) is 5.75 Å². The molecule has 4 N–H and O–H groups in total. The number of halogens is 3. The minimum Gasteiger partial charge on any atom is -0.506 e. The number of aromatic hydroxyl groups is 1. The Labute approximate surface area is 143 Å². The molecule has 2 aromatic carbocycles. The number of hydrogen-bond donors (Lipinski definition) is 3. The van der Waals surface area contributed by atoms with Gasteiger partial charge >= 0.3 is 0 Å². The molecule has 0 fully saturated rings. The minimum atomic E-state index is -0.557. The predicted molar refractivity (Wildman–Crippen MR) is 90.8 cm³/mol. The molecule has 0 radical (unpaired) electrons. The van der Waals surface area contributed by atoms with E-state index in [9.17, 15) is 9.90 Å². The summed E-state index contributed by atoms with van der Waals surface area (Å²) in [5.74, 6) is -0.398. The number of rotatable bonds is 4. The molecule has 4 nitrogen and oxygen atoms in total. The third-order valence-electron chi connectivity index (χ3n) is 2.81. The van der Waals surface area contributed by atoms with Crippen molar-refractivity contribution in [2.45, 2.75) is 6.54 Å². The van der Waals surface area contributed by atoms with E-state index in [1.165, 1.54) is 0 Å². The van der Waals surface area contributed by atoms with E-state index in [2.05, 4.69) is 37.2 Å². The van der Waals surface area contributed by atoms with E-state index in [0.717, 1.165) is 11.3 Å². The second-order valence-corrected chi connectivity index (χ2v) is 6.44. The van der Waals surface area contributed by atoms with Crippen LogP contribution >= 0.6 is 43.5 Å². The summed E-state index contributed by atoms with van der Waals surface area (Å²) in [6.07, 6.45) is 0. The summed E-state index contributed by atoms with van der Waals surface area (Å²) in [5, 5.41) is 13.1. The van der Waals surface area contributed by atoms with E-state index < -0.39 is 5.91 Å². The molecule has 0 bridgehead atoms. The number of nitrogens with two attached hydrogens (primary N) is 1. The molecule has 0 aliphatic carbocycles. The molecule has 0 saturated heterocycles. The molecule has 0 aliphatic rings. The van der Waals surface area contributed by atoms with Gasteiger partial charge in [-0.25, -0.2) is 0 Å². The number of phenolic OH excluding ortho intramolecular Hbond substituents is 1. The first-order chi connectivity index (χ1) is 9.88. The number of amides is 1. The van der Waals surface area contributed by atoms with Crippen molar-refractivity contribution in [3.8, 4) is 5.75 Å². The number of hydrogen-bond acceptors (Lipinski definition) is 3. The van der Waals surface area contributed by atoms with Gasteiger partial charge in [0, 0.05) is 12.2 Å². The van der Waals surface area contributed by atoms with Gasteiger partial charge in [0.15, 0.2) is 0 Å². The van der Waals surface area contributed by atoms with Crippen LogP contribution in [-0.2, 0) is 6.54 Å². The maximum absolute atomic E-state index is 11.1. The zero-order chi connectivity index (χ0) is 15.6. The number of benzene rings is 2. The highest BCUT2D eigenvalue weighted by Gasteiger charge is 2.08. The maximum Gasteiger partial charge on any atom is 0.250 e. The molecule has 0 aromatic heterocycles. The third-order valence-corrected chi connectivity index (χ3v) is 4.33. The summed E-state index contributed by atoms with van der Waals surface area (Å²) in [6, 6.07) is 8.58. The standard InChI is InChI=1S/C14H11Br2ClN2O2/c15-10-3-7(4-11(16)13(10)20)6-19-8-1-2-9(14(18)21)12(17)5-8/h1-5,19-20H,6H2,(H2,18,21). The zero-order valence-electron chi connectivity index (χ0n) is 10.7. The fourth-order valence-corrected chi connectivity index (χ4v) is 3.30. The fourth-order valence-electron chi connectivity index (χ4n) is 1.75. The monoisotopic (exact) mass is 432 g/mol. The van der Waals surface area contributed by atoms with Crippen LogP contribution in [0.15, 0.2) is 39.3 Å². The van der Waals surface area contributed by atoms with Crippen LogP contribution in [0.2, 0.25) is 5.02 Å². The highest BCUT2D eigenvalue weighted by Crippen LogP contribution is 2.33. The normalized spacial score (nSPS) is 10.4. The van der Waals surface area contributed by atoms with Gasteiger partial charge in [0.2, 0.25) is 5.91 Å². The number of phenols is 1. The molecule has 0 spiro atoms. The maximum atomic E-state index is 11.1. The van der Waals surface area contributed by atoms with Crippen LogP contribution in [0, 0.1) is 0 Å². The van der Waals surface area contributed by atoms with Crippen molar-refractivity contribution >= 4 is 55.1 Å². The second kappa shape index (κ2) is 6.68. The Bertz CT molecular complexity index is 684. The molecule has 2 aromatic rings. The van der Waals surface area contributed by atoms with E-state index in [4.69, 9.17) is 17.3 Å². The quantitative estimate of drug-likeness (QED) is 0.672. The van der Waals surface area contributed by atoms with Crippen LogP contribution < -0.4 is 11.1 Å². The summed E-state index contributed by atoms with van der Waals surface area (Å²) in [5.41, 5.74) is 7.22. The van der Waals surface area contributed by atoms with Gasteiger partial charge in [0.05, 0.1) is 19.5 Å². The van der Waals surface area contributed by atoms with Gasteiger partial charge in [0.25, 0.3) is 0 Å². The van der Waals surface area contributed by atoms with E-state index >= 15 is 0 Å². The van der Waals surface area contributed by atoms with Gasteiger partial charge in [0.1, 0.15) is 5.75 Å². The predicted octanol–water partition coefficient (Wildman–Crippen LogP) is 4.28. The number of carbonyl (C=O) groups excluding carboxylic acids is 1. The fraction of sp³-hybridized carbons (Fsp3) is 0.0714. The average molecular weight is 435 g/mol. The van der Waals surface area contributed by atoms with Gasteiger partial charge in [-0.2, -0.15) is 0 Å². The Morgan fingerprint density at radius 2 is 1.86 bits per heavy atom. The SMILES string of the molecule is NC(=O)c1ccc(NCc2cc(Br)c(O)c(Br)c2)cc1Cl. The Morgan fingerprint density at radius 3 is 2.38 bits per heavy atom. The van der Waals surface area contributed by atoms with E-state index in [1.54, 1.807) is 18.2 Å². The van der Waals surface area contributed by atoms with Crippen molar-refractivity contribution in [1.82, 2.24) is 0 Å². The van der Waals surface area contributed by atoms with E-state index in [1.807, 2.05) is 12.1 Å². The van der Waals surface area contributed by atoms with Crippen LogP contribution in [0.3, 0.4) is 0 Å². The van der Waals surface area contributed by atoms with Crippen molar-refractivity contribution in [2.24, 2.45) is 5.73 Å². The van der Waals surface area contributed by atoms with Gasteiger partial charge < -0.3 is 16.2 Å². The molecule has 0 saturated carbocycles. The molecule has 0 aliphatic heterocycles. The Morgan fingerprint density at radius 1 is 1.24 bits per heavy atom. The number of nitrogens with one attached hydrogen (secondary N) is 1. The summed E-state index contributed by atoms with van der Waals surface area (Å²) >= 11 is 12.5. The lowest BCUT2D eigenvalue weighted by molar-refractivity contribution is 0.100. The molecular weight excluding hydrogens is 423 g/mol. The number of primary amides is 1. The second-order valence-electron chi connectivity index (χ2n) is 4.32. The Kier molecular flexibility index (Phi) is 5.13. The van der Waals surface area contributed by atoms with Gasteiger partial charge in [-0.1, -0.05) is 11.6 Å². The van der Waals surface area contributed by atoms with Crippen molar-refractivity contribution < 1.29 is 9.90 Å². The number of carbonyl (C=O) groups is 1. The highest BCUT2D eigenvalue weighted by molar-refractivity contribution is 9.11. The summed E-state index contributed by atoms with van der Waals surface area (Å²) in [4.78, 5) is 11.1. The molecule has 21 heavy (non-hydrogen) atoms. The molecule has 110 valence electrons. The van der Waals surface area contributed by atoms with Gasteiger partial charge in [-0.3, -0.25) is 4.79 Å². The van der Waals surface area contributed by atoms with Crippen LogP contribution in [-0.4, -0.2) is 11.0 Å². The molecule has 7 heteroatoms. The topological polar surface area (TPSA) is 75.4 Å². The highest BCUT2D eigenvalue weighted by atomic mass is 79.9. The Balaban J connectivity index is 2.13. The summed E-state index contributed by atoms with van der Waals surface area (Å²) in [6.45, 7) is 0.531. The summed E-state index contributed by atoms with van der Waals surface area (Å²) < 4.78 is 1.21. The molecule has 0 atom stereocenters. The lowest BCUT2D eigenvalue weighted by atomic mass is 10.1. The van der Waals surface area contributed by atoms with Crippen molar-refractivity contribution in [1.29, 1.82) is 0 Å². The van der Waals surface area contributed by atoms with Crippen molar-refractivity contribution in [2.75, 3.05) is 5.32 Å². The molecular formula is C14H11Br2ClN2O2. The lowest BCUT2D eigenvalue weighted by Crippen LogP contribution is -2.11. The van der Waals surface area contributed by atoms with Gasteiger partial charge in [-0.05, 0) is 67.8 Å². The molecule has 0 unspecified atom stereocenters. The average Bonchev–Trinajstić information content (AvgIpc) is 2.42. The number of anilines is 1. The van der Waals surface area contributed by atoms with E-state index in [-0.39, 0.29) is 11.3 Å². The first-order valence-electron chi connectivity index (χ1n) is 5.88. The first kappa shape index (κ1) is 16.1. The molecule has 2 rings (SSSR count). The third kappa shape index (κ3) is 3.90. The smallest absolute Gasteiger partial charge is 0.250 e. The first-order valence-corrected chi connectivity index (χ1v) is 7.85. The molecule has 0 heterocycles. The Hall–Kier alpha value is -1.24. The van der Waals surface area contributed by atoms with Crippen LogP contribution in [0.4, 0.5) is 5.69 Å². The van der Waals surface area contributed by atoms with Crippen molar-refractivity contribution in [3.05, 3.63) is 55.4 Å². The minimum absolute atomic E-state index is 0.160. The van der Waals surface area contributed by atoms with Gasteiger partial charge in [-0.15, -0.1) is 0 Å². The van der Waals surface area contributed by atoms with Crippen molar-refractivity contribution in [3.63, 3.8) is 0 Å². The van der Waals surface area contributed by atoms with Crippen LogP contribution in [0.25, 0.3) is 0 Å². The van der Waals surface area contributed by atoms with Crippen LogP contribution in [0.1, 0.15) is 15.9 Å².